The molecule has 244 valence electrons. The topological polar surface area (TPSA) is 187 Å². The lowest BCUT2D eigenvalue weighted by Gasteiger charge is -2.15. The first-order chi connectivity index (χ1) is 20.8. The van der Waals surface area contributed by atoms with Gasteiger partial charge in [-0.05, 0) is 26.2 Å². The second kappa shape index (κ2) is 25.5. The molecule has 0 spiro atoms. The molecule has 0 saturated heterocycles. The molecule has 1 aromatic rings. The number of amides is 2. The summed E-state index contributed by atoms with van der Waals surface area (Å²) in [5.41, 5.74) is 0.905. The zero-order valence-electron chi connectivity index (χ0n) is 25.6. The number of rotatable bonds is 29. The maximum Gasteiger partial charge on any atom is 0.246 e. The normalized spacial score (nSPS) is 11.7. The van der Waals surface area contributed by atoms with Crippen LogP contribution in [0, 0.1) is 0 Å². The van der Waals surface area contributed by atoms with Crippen LogP contribution in [0.3, 0.4) is 0 Å². The lowest BCUT2D eigenvalue weighted by Crippen LogP contribution is -2.38. The van der Waals surface area contributed by atoms with Crippen molar-refractivity contribution < 1.29 is 42.9 Å². The summed E-state index contributed by atoms with van der Waals surface area (Å²) in [6, 6.07) is -0.365. The average molecular weight is 612 g/mol. The van der Waals surface area contributed by atoms with Gasteiger partial charge in [-0.3, -0.25) is 24.0 Å². The van der Waals surface area contributed by atoms with E-state index in [1.807, 2.05) is 0 Å². The van der Waals surface area contributed by atoms with Gasteiger partial charge >= 0.3 is 0 Å². The number of aromatic amines is 1. The Morgan fingerprint density at radius 1 is 0.791 bits per heavy atom. The standard InChI is InChI=1S/C29H49N5O9/c1-23(35)28(33-19-26(37)9-8-25-18-30-22-34-25)7-5-3-4-6-27(38)20-42-16-14-41-13-11-32-29(39)21-43-17-15-40-12-10-31-24(2)36/h18,22,28,33H,3-17,19-21H2,1-2H3,(H,30,34)(H,31,36)(H,32,39)/t28-/m0/s1. The summed E-state index contributed by atoms with van der Waals surface area (Å²) < 4.78 is 21.2. The molecule has 14 heteroatoms. The van der Waals surface area contributed by atoms with Gasteiger partial charge in [-0.15, -0.1) is 0 Å². The molecule has 0 unspecified atom stereocenters. The summed E-state index contributed by atoms with van der Waals surface area (Å²) in [4.78, 5) is 65.3. The summed E-state index contributed by atoms with van der Waals surface area (Å²) in [5, 5.41) is 8.34. The highest BCUT2D eigenvalue weighted by Crippen LogP contribution is 2.08. The second-order valence-corrected chi connectivity index (χ2v) is 9.96. The first kappa shape index (κ1) is 38.0. The van der Waals surface area contributed by atoms with Crippen LogP contribution in [0.1, 0.15) is 58.1 Å². The molecule has 0 bridgehead atoms. The van der Waals surface area contributed by atoms with Crippen LogP contribution < -0.4 is 16.0 Å². The highest BCUT2D eigenvalue weighted by Gasteiger charge is 2.15. The highest BCUT2D eigenvalue weighted by molar-refractivity contribution is 5.84. The van der Waals surface area contributed by atoms with Crippen LogP contribution in [0.5, 0.6) is 0 Å². The van der Waals surface area contributed by atoms with E-state index in [1.54, 1.807) is 12.5 Å². The first-order valence-electron chi connectivity index (χ1n) is 14.8. The fourth-order valence-corrected chi connectivity index (χ4v) is 3.79. The number of carbonyl (C=O) groups is 5. The molecule has 2 amide bonds. The number of Topliss-reactive ketones (excluding diaryl/α,β-unsaturated/α-hetero) is 3. The number of unbranched alkanes of at least 4 members (excludes halogenated alkanes) is 2. The van der Waals surface area contributed by atoms with Crippen LogP contribution in [0.2, 0.25) is 0 Å². The minimum atomic E-state index is -0.365. The highest BCUT2D eigenvalue weighted by atomic mass is 16.5. The summed E-state index contributed by atoms with van der Waals surface area (Å²) in [6.45, 7) is 5.69. The monoisotopic (exact) mass is 611 g/mol. The fourth-order valence-electron chi connectivity index (χ4n) is 3.79. The number of hydrogen-bond acceptors (Lipinski definition) is 11. The molecule has 0 aliphatic carbocycles. The van der Waals surface area contributed by atoms with E-state index in [0.29, 0.717) is 71.6 Å². The molecule has 4 N–H and O–H groups in total. The molecular weight excluding hydrogens is 562 g/mol. The van der Waals surface area contributed by atoms with E-state index in [-0.39, 0.29) is 68.2 Å². The molecule has 0 aliphatic rings. The molecule has 0 aliphatic heterocycles. The Bertz CT molecular complexity index is 927. The van der Waals surface area contributed by atoms with Gasteiger partial charge in [0.2, 0.25) is 11.8 Å². The third-order valence-corrected chi connectivity index (χ3v) is 6.14. The van der Waals surface area contributed by atoms with Crippen molar-refractivity contribution in [3.05, 3.63) is 18.2 Å². The van der Waals surface area contributed by atoms with E-state index < -0.39 is 0 Å². The number of nitrogens with one attached hydrogen (secondary N) is 4. The van der Waals surface area contributed by atoms with Crippen molar-refractivity contribution >= 4 is 29.2 Å². The van der Waals surface area contributed by atoms with Gasteiger partial charge < -0.3 is 39.9 Å². The van der Waals surface area contributed by atoms with Crippen molar-refractivity contribution in [1.82, 2.24) is 25.9 Å². The number of imidazole rings is 1. The number of hydrogen-bond donors (Lipinski definition) is 4. The predicted molar refractivity (Wildman–Crippen MR) is 157 cm³/mol. The fraction of sp³-hybridized carbons (Fsp3) is 0.724. The number of aromatic nitrogens is 2. The zero-order valence-corrected chi connectivity index (χ0v) is 25.6. The Balaban J connectivity index is 1.91. The molecule has 43 heavy (non-hydrogen) atoms. The Hall–Kier alpha value is -3.04. The Morgan fingerprint density at radius 2 is 1.47 bits per heavy atom. The van der Waals surface area contributed by atoms with Crippen LogP contribution in [0.4, 0.5) is 0 Å². The molecule has 1 heterocycles. The SMILES string of the molecule is CC(=O)NCCOCCOCC(=O)NCCOCCOCC(=O)CCCCC[C@H](NCC(=O)CCc1cnc[nH]1)C(C)=O. The van der Waals surface area contributed by atoms with Gasteiger partial charge in [-0.1, -0.05) is 12.8 Å². The molecule has 1 aromatic heterocycles. The minimum absolute atomic E-state index is 0.00101. The molecule has 0 saturated carbocycles. The van der Waals surface area contributed by atoms with Crippen LogP contribution in [-0.2, 0) is 49.3 Å². The average Bonchev–Trinajstić information content (AvgIpc) is 3.49. The number of nitrogens with zero attached hydrogens (tertiary/aromatic N) is 1. The van der Waals surface area contributed by atoms with Gasteiger partial charge in [0.15, 0.2) is 5.78 Å². The van der Waals surface area contributed by atoms with E-state index in [1.165, 1.54) is 13.8 Å². The van der Waals surface area contributed by atoms with E-state index in [0.717, 1.165) is 18.5 Å². The van der Waals surface area contributed by atoms with E-state index >= 15 is 0 Å². The van der Waals surface area contributed by atoms with Crippen molar-refractivity contribution in [3.8, 4) is 0 Å². The number of ketones is 3. The van der Waals surface area contributed by atoms with Crippen molar-refractivity contribution in [2.45, 2.75) is 64.8 Å². The van der Waals surface area contributed by atoms with Crippen molar-refractivity contribution in [2.75, 3.05) is 72.5 Å². The largest absolute Gasteiger partial charge is 0.377 e. The van der Waals surface area contributed by atoms with Crippen LogP contribution in [-0.4, -0.2) is 118 Å². The zero-order chi connectivity index (χ0) is 31.5. The summed E-state index contributed by atoms with van der Waals surface area (Å²) in [6.07, 6.45) is 7.56. The smallest absolute Gasteiger partial charge is 0.246 e. The number of H-pyrrole nitrogens is 1. The molecular formula is C29H49N5O9. The predicted octanol–water partition coefficient (Wildman–Crippen LogP) is 0.297. The number of ether oxygens (including phenoxy) is 4. The van der Waals surface area contributed by atoms with E-state index in [4.69, 9.17) is 18.9 Å². The molecule has 1 rings (SSSR count). The van der Waals surface area contributed by atoms with E-state index in [2.05, 4.69) is 25.9 Å². The van der Waals surface area contributed by atoms with Crippen LogP contribution in [0.15, 0.2) is 12.5 Å². The maximum atomic E-state index is 12.1. The molecule has 14 nitrogen and oxygen atoms in total. The molecule has 0 radical (unpaired) electrons. The van der Waals surface area contributed by atoms with Gasteiger partial charge in [-0.2, -0.15) is 0 Å². The molecule has 1 atom stereocenters. The van der Waals surface area contributed by atoms with Crippen molar-refractivity contribution in [3.63, 3.8) is 0 Å². The second-order valence-electron chi connectivity index (χ2n) is 9.96. The van der Waals surface area contributed by atoms with Crippen LogP contribution in [0.25, 0.3) is 0 Å². The third-order valence-electron chi connectivity index (χ3n) is 6.14. The first-order valence-corrected chi connectivity index (χ1v) is 14.8. The third kappa shape index (κ3) is 23.1. The van der Waals surface area contributed by atoms with Crippen molar-refractivity contribution in [1.29, 1.82) is 0 Å². The van der Waals surface area contributed by atoms with E-state index in [9.17, 15) is 24.0 Å². The molecule has 0 aromatic carbocycles. The Labute approximate surface area is 253 Å². The van der Waals surface area contributed by atoms with Gasteiger partial charge in [0.25, 0.3) is 0 Å². The van der Waals surface area contributed by atoms with Gasteiger partial charge in [-0.25, -0.2) is 4.98 Å². The summed E-state index contributed by atoms with van der Waals surface area (Å²) in [5.74, 6) is -0.322. The Kier molecular flexibility index (Phi) is 22.5. The maximum absolute atomic E-state index is 12.1. The molecule has 0 fully saturated rings. The van der Waals surface area contributed by atoms with Gasteiger partial charge in [0.05, 0.1) is 58.6 Å². The van der Waals surface area contributed by atoms with Crippen LogP contribution >= 0.6 is 0 Å². The minimum Gasteiger partial charge on any atom is -0.377 e. The van der Waals surface area contributed by atoms with Crippen molar-refractivity contribution in [2.24, 2.45) is 0 Å². The number of carbonyl (C=O) groups excluding carboxylic acids is 5. The quantitative estimate of drug-likeness (QED) is 0.0913. The Morgan fingerprint density at radius 3 is 2.12 bits per heavy atom. The summed E-state index contributed by atoms with van der Waals surface area (Å²) in [7, 11) is 0. The lowest BCUT2D eigenvalue weighted by molar-refractivity contribution is -0.127. The number of aryl methyl sites for hydroxylation is 1. The van der Waals surface area contributed by atoms with Gasteiger partial charge in [0, 0.05) is 44.7 Å². The van der Waals surface area contributed by atoms with Gasteiger partial charge in [0.1, 0.15) is 24.8 Å². The lowest BCUT2D eigenvalue weighted by atomic mass is 10.0. The summed E-state index contributed by atoms with van der Waals surface area (Å²) >= 11 is 0.